The lowest BCUT2D eigenvalue weighted by Crippen LogP contribution is -2.29. The summed E-state index contributed by atoms with van der Waals surface area (Å²) in [6.45, 7) is 0. The third-order valence-corrected chi connectivity index (χ3v) is 3.65. The molecule has 0 saturated heterocycles. The van der Waals surface area contributed by atoms with Crippen LogP contribution in [0.3, 0.4) is 0 Å². The maximum Gasteiger partial charge on any atom is 0.137 e. The van der Waals surface area contributed by atoms with E-state index in [1.165, 1.54) is 0 Å². The average Bonchev–Trinajstić information content (AvgIpc) is 2.45. The standard InChI is InChI=1S/C15H16Cl2N2O/c1-20-15-9-11(5-6-13(15)17)14(19-18)8-10-3-2-4-12(16)7-10/h2-7,9,14,19H,8,18H2,1H3. The number of hydrogen-bond acceptors (Lipinski definition) is 3. The van der Waals surface area contributed by atoms with Gasteiger partial charge in [-0.1, -0.05) is 41.4 Å². The second-order valence-corrected chi connectivity index (χ2v) is 5.29. The normalized spacial score (nSPS) is 12.2. The monoisotopic (exact) mass is 310 g/mol. The van der Waals surface area contributed by atoms with Crippen LogP contribution in [0.1, 0.15) is 17.2 Å². The minimum atomic E-state index is -0.0420. The first-order valence-corrected chi connectivity index (χ1v) is 6.93. The van der Waals surface area contributed by atoms with Crippen molar-refractivity contribution in [3.05, 3.63) is 63.6 Å². The number of nitrogens with one attached hydrogen (secondary N) is 1. The summed E-state index contributed by atoms with van der Waals surface area (Å²) in [6.07, 6.45) is 0.724. The average molecular weight is 311 g/mol. The largest absolute Gasteiger partial charge is 0.495 e. The topological polar surface area (TPSA) is 47.3 Å². The van der Waals surface area contributed by atoms with Gasteiger partial charge in [-0.25, -0.2) is 0 Å². The predicted molar refractivity (Wildman–Crippen MR) is 83.2 cm³/mol. The van der Waals surface area contributed by atoms with Crippen LogP contribution in [0.5, 0.6) is 5.75 Å². The molecule has 2 aromatic rings. The third kappa shape index (κ3) is 3.64. The molecule has 20 heavy (non-hydrogen) atoms. The van der Waals surface area contributed by atoms with Crippen molar-refractivity contribution in [2.24, 2.45) is 5.84 Å². The van der Waals surface area contributed by atoms with Crippen molar-refractivity contribution < 1.29 is 4.74 Å². The number of methoxy groups -OCH3 is 1. The molecular formula is C15H16Cl2N2O. The SMILES string of the molecule is COc1cc(C(Cc2cccc(Cl)c2)NN)ccc1Cl. The fourth-order valence-corrected chi connectivity index (χ4v) is 2.47. The van der Waals surface area contributed by atoms with Crippen LogP contribution in [0, 0.1) is 0 Å². The van der Waals surface area contributed by atoms with Crippen LogP contribution in [0.25, 0.3) is 0 Å². The van der Waals surface area contributed by atoms with Gasteiger partial charge in [0, 0.05) is 5.02 Å². The number of hydrogen-bond donors (Lipinski definition) is 2. The van der Waals surface area contributed by atoms with E-state index in [1.807, 2.05) is 36.4 Å². The highest BCUT2D eigenvalue weighted by molar-refractivity contribution is 6.32. The summed E-state index contributed by atoms with van der Waals surface area (Å²) in [5, 5.41) is 1.29. The molecule has 106 valence electrons. The Kier molecular flexibility index (Phi) is 5.26. The van der Waals surface area contributed by atoms with Gasteiger partial charge in [-0.05, 0) is 41.8 Å². The predicted octanol–water partition coefficient (Wildman–Crippen LogP) is 3.75. The molecule has 0 aliphatic heterocycles. The summed E-state index contributed by atoms with van der Waals surface area (Å²) in [5.41, 5.74) is 4.93. The van der Waals surface area contributed by atoms with E-state index in [9.17, 15) is 0 Å². The van der Waals surface area contributed by atoms with Crippen molar-refractivity contribution >= 4 is 23.2 Å². The number of rotatable bonds is 5. The molecule has 2 aromatic carbocycles. The molecule has 0 aliphatic rings. The van der Waals surface area contributed by atoms with Gasteiger partial charge in [0.1, 0.15) is 5.75 Å². The van der Waals surface area contributed by atoms with Gasteiger partial charge in [0.15, 0.2) is 0 Å². The second kappa shape index (κ2) is 6.95. The Bertz CT molecular complexity index is 590. The Morgan fingerprint density at radius 3 is 2.65 bits per heavy atom. The minimum absolute atomic E-state index is 0.0420. The molecule has 0 radical (unpaired) electrons. The molecule has 5 heteroatoms. The van der Waals surface area contributed by atoms with Crippen LogP contribution in [-0.2, 0) is 6.42 Å². The Morgan fingerprint density at radius 2 is 2.00 bits per heavy atom. The van der Waals surface area contributed by atoms with E-state index < -0.39 is 0 Å². The molecular weight excluding hydrogens is 295 g/mol. The van der Waals surface area contributed by atoms with Crippen molar-refractivity contribution in [1.29, 1.82) is 0 Å². The lowest BCUT2D eigenvalue weighted by atomic mass is 9.99. The summed E-state index contributed by atoms with van der Waals surface area (Å²) in [6, 6.07) is 13.3. The van der Waals surface area contributed by atoms with Crippen LogP contribution < -0.4 is 16.0 Å². The van der Waals surface area contributed by atoms with Gasteiger partial charge < -0.3 is 4.74 Å². The Hall–Kier alpha value is -1.26. The number of halogens is 2. The zero-order valence-corrected chi connectivity index (χ0v) is 12.6. The number of nitrogens with two attached hydrogens (primary N) is 1. The highest BCUT2D eigenvalue weighted by Gasteiger charge is 2.13. The number of hydrazine groups is 1. The summed E-state index contributed by atoms with van der Waals surface area (Å²) in [5.74, 6) is 6.30. The molecule has 0 saturated carbocycles. The van der Waals surface area contributed by atoms with E-state index in [2.05, 4.69) is 5.43 Å². The molecule has 3 nitrogen and oxygen atoms in total. The van der Waals surface area contributed by atoms with E-state index in [4.69, 9.17) is 33.8 Å². The minimum Gasteiger partial charge on any atom is -0.495 e. The van der Waals surface area contributed by atoms with Crippen molar-refractivity contribution in [2.75, 3.05) is 7.11 Å². The van der Waals surface area contributed by atoms with E-state index in [1.54, 1.807) is 13.2 Å². The molecule has 0 heterocycles. The van der Waals surface area contributed by atoms with Crippen molar-refractivity contribution in [1.82, 2.24) is 5.43 Å². The fraction of sp³-hybridized carbons (Fsp3) is 0.200. The summed E-state index contributed by atoms with van der Waals surface area (Å²) < 4.78 is 5.23. The first-order chi connectivity index (χ1) is 9.63. The molecule has 0 bridgehead atoms. The first kappa shape index (κ1) is 15.1. The first-order valence-electron chi connectivity index (χ1n) is 6.18. The van der Waals surface area contributed by atoms with Crippen molar-refractivity contribution in [3.8, 4) is 5.75 Å². The Morgan fingerprint density at radius 1 is 1.20 bits per heavy atom. The molecule has 1 unspecified atom stereocenters. The molecule has 1 atom stereocenters. The number of benzene rings is 2. The second-order valence-electron chi connectivity index (χ2n) is 4.45. The highest BCUT2D eigenvalue weighted by atomic mass is 35.5. The molecule has 0 aromatic heterocycles. The fourth-order valence-electron chi connectivity index (χ4n) is 2.07. The van der Waals surface area contributed by atoms with Crippen molar-refractivity contribution in [3.63, 3.8) is 0 Å². The Labute approximate surface area is 128 Å². The van der Waals surface area contributed by atoms with E-state index in [-0.39, 0.29) is 6.04 Å². The molecule has 2 rings (SSSR count). The summed E-state index contributed by atoms with van der Waals surface area (Å²) >= 11 is 12.0. The molecule has 0 aliphatic carbocycles. The Balaban J connectivity index is 2.24. The van der Waals surface area contributed by atoms with Gasteiger partial charge in [0.25, 0.3) is 0 Å². The van der Waals surface area contributed by atoms with Gasteiger partial charge in [-0.2, -0.15) is 0 Å². The van der Waals surface area contributed by atoms with Crippen LogP contribution in [0.4, 0.5) is 0 Å². The lowest BCUT2D eigenvalue weighted by Gasteiger charge is -2.18. The maximum atomic E-state index is 6.03. The van der Waals surface area contributed by atoms with E-state index in [0.717, 1.165) is 17.5 Å². The lowest BCUT2D eigenvalue weighted by molar-refractivity contribution is 0.413. The zero-order chi connectivity index (χ0) is 14.5. The third-order valence-electron chi connectivity index (χ3n) is 3.11. The van der Waals surface area contributed by atoms with Crippen LogP contribution in [-0.4, -0.2) is 7.11 Å². The van der Waals surface area contributed by atoms with Gasteiger partial charge in [0.05, 0.1) is 18.2 Å². The molecule has 0 spiro atoms. The molecule has 0 fully saturated rings. The van der Waals surface area contributed by atoms with E-state index >= 15 is 0 Å². The smallest absolute Gasteiger partial charge is 0.137 e. The highest BCUT2D eigenvalue weighted by Crippen LogP contribution is 2.29. The van der Waals surface area contributed by atoms with E-state index in [0.29, 0.717) is 15.8 Å². The van der Waals surface area contributed by atoms with Gasteiger partial charge in [0.2, 0.25) is 0 Å². The maximum absolute atomic E-state index is 6.03. The van der Waals surface area contributed by atoms with Gasteiger partial charge in [-0.3, -0.25) is 11.3 Å². The van der Waals surface area contributed by atoms with Crippen LogP contribution in [0.15, 0.2) is 42.5 Å². The van der Waals surface area contributed by atoms with Crippen LogP contribution >= 0.6 is 23.2 Å². The van der Waals surface area contributed by atoms with Crippen LogP contribution in [0.2, 0.25) is 10.0 Å². The van der Waals surface area contributed by atoms with Gasteiger partial charge in [-0.15, -0.1) is 0 Å². The summed E-state index contributed by atoms with van der Waals surface area (Å²) in [7, 11) is 1.59. The molecule has 3 N–H and O–H groups in total. The quantitative estimate of drug-likeness (QED) is 0.653. The zero-order valence-electron chi connectivity index (χ0n) is 11.1. The van der Waals surface area contributed by atoms with Crippen molar-refractivity contribution in [2.45, 2.75) is 12.5 Å². The van der Waals surface area contributed by atoms with Gasteiger partial charge >= 0.3 is 0 Å². The molecule has 0 amide bonds. The number of ether oxygens (including phenoxy) is 1. The summed E-state index contributed by atoms with van der Waals surface area (Å²) in [4.78, 5) is 0.